The van der Waals surface area contributed by atoms with Crippen LogP contribution in [0.15, 0.2) is 48.5 Å². The Morgan fingerprint density at radius 1 is 1.00 bits per heavy atom. The summed E-state index contributed by atoms with van der Waals surface area (Å²) in [5, 5.41) is 4.90. The summed E-state index contributed by atoms with van der Waals surface area (Å²) in [4.78, 5) is 24.2. The van der Waals surface area contributed by atoms with Crippen molar-refractivity contribution in [3.63, 3.8) is 0 Å². The van der Waals surface area contributed by atoms with Crippen molar-refractivity contribution in [1.82, 2.24) is 5.32 Å². The van der Waals surface area contributed by atoms with E-state index in [1.165, 1.54) is 30.3 Å². The summed E-state index contributed by atoms with van der Waals surface area (Å²) in [6.07, 6.45) is -4.20. The number of amides is 2. The summed E-state index contributed by atoms with van der Waals surface area (Å²) in [6, 6.07) is 11.8. The lowest BCUT2D eigenvalue weighted by Crippen LogP contribution is -2.27. The molecule has 2 N–H and O–H groups in total. The van der Waals surface area contributed by atoms with Crippen LogP contribution in [0.25, 0.3) is 0 Å². The van der Waals surface area contributed by atoms with E-state index >= 15 is 0 Å². The lowest BCUT2D eigenvalue weighted by molar-refractivity contribution is -0.173. The van der Waals surface area contributed by atoms with E-state index in [4.69, 9.17) is 4.74 Å². The van der Waals surface area contributed by atoms with E-state index < -0.39 is 37.0 Å². The zero-order valence-corrected chi connectivity index (χ0v) is 15.8. The van der Waals surface area contributed by atoms with Crippen molar-refractivity contribution in [1.29, 1.82) is 0 Å². The van der Waals surface area contributed by atoms with Gasteiger partial charge in [0.25, 0.3) is 11.8 Å². The van der Waals surface area contributed by atoms with E-state index in [1.807, 2.05) is 0 Å². The van der Waals surface area contributed by atoms with Crippen molar-refractivity contribution < 1.29 is 36.6 Å². The van der Waals surface area contributed by atoms with Crippen LogP contribution in [0.1, 0.15) is 16.8 Å². The van der Waals surface area contributed by atoms with Gasteiger partial charge in [0.15, 0.2) is 6.61 Å². The molecule has 10 heteroatoms. The average molecular weight is 428 g/mol. The van der Waals surface area contributed by atoms with E-state index in [1.54, 1.807) is 18.2 Å². The monoisotopic (exact) mass is 428 g/mol. The van der Waals surface area contributed by atoms with Crippen molar-refractivity contribution in [3.05, 3.63) is 59.9 Å². The van der Waals surface area contributed by atoms with E-state index in [2.05, 4.69) is 15.4 Å². The Kier molecular flexibility index (Phi) is 8.60. The maximum atomic E-state index is 13.6. The summed E-state index contributed by atoms with van der Waals surface area (Å²) in [5.41, 5.74) is 0.150. The molecule has 2 rings (SSSR count). The van der Waals surface area contributed by atoms with Gasteiger partial charge >= 0.3 is 6.18 Å². The molecule has 2 amide bonds. The van der Waals surface area contributed by atoms with Crippen LogP contribution in [0.3, 0.4) is 0 Å². The SMILES string of the molecule is O=C(COc1ccccc1C(=O)NCCCOCC(F)(F)F)Nc1ccccc1F. The van der Waals surface area contributed by atoms with E-state index in [0.29, 0.717) is 0 Å². The van der Waals surface area contributed by atoms with Crippen LogP contribution < -0.4 is 15.4 Å². The number of rotatable bonds is 10. The van der Waals surface area contributed by atoms with E-state index in [-0.39, 0.29) is 36.6 Å². The first kappa shape index (κ1) is 23.1. The molecule has 0 fully saturated rings. The number of hydrogen-bond acceptors (Lipinski definition) is 4. The fourth-order valence-electron chi connectivity index (χ4n) is 2.33. The second-order valence-corrected chi connectivity index (χ2v) is 6.09. The lowest BCUT2D eigenvalue weighted by Gasteiger charge is -2.12. The molecule has 0 heterocycles. The Morgan fingerprint density at radius 3 is 2.43 bits per heavy atom. The molecular weight excluding hydrogens is 408 g/mol. The maximum Gasteiger partial charge on any atom is 0.411 e. The van der Waals surface area contributed by atoms with Gasteiger partial charge < -0.3 is 20.1 Å². The number of halogens is 4. The number of nitrogens with one attached hydrogen (secondary N) is 2. The molecule has 6 nitrogen and oxygen atoms in total. The number of carbonyl (C=O) groups is 2. The highest BCUT2D eigenvalue weighted by Gasteiger charge is 2.27. The molecule has 30 heavy (non-hydrogen) atoms. The summed E-state index contributed by atoms with van der Waals surface area (Å²) >= 11 is 0. The zero-order valence-electron chi connectivity index (χ0n) is 15.8. The minimum Gasteiger partial charge on any atom is -0.483 e. The Bertz CT molecular complexity index is 859. The number of para-hydroxylation sites is 2. The molecular formula is C20H20F4N2O4. The third kappa shape index (κ3) is 8.08. The van der Waals surface area contributed by atoms with Crippen LogP contribution in [0.4, 0.5) is 23.2 Å². The first-order chi connectivity index (χ1) is 14.3. The molecule has 2 aromatic rings. The molecule has 0 radical (unpaired) electrons. The Labute approximate surface area is 170 Å². The first-order valence-corrected chi connectivity index (χ1v) is 8.95. The largest absolute Gasteiger partial charge is 0.483 e. The van der Waals surface area contributed by atoms with Gasteiger partial charge in [-0.2, -0.15) is 13.2 Å². The van der Waals surface area contributed by atoms with Gasteiger partial charge in [-0.3, -0.25) is 9.59 Å². The molecule has 0 bridgehead atoms. The second-order valence-electron chi connectivity index (χ2n) is 6.09. The third-order valence-electron chi connectivity index (χ3n) is 3.66. The fraction of sp³-hybridized carbons (Fsp3) is 0.300. The van der Waals surface area contributed by atoms with Crippen LogP contribution in [-0.2, 0) is 9.53 Å². The van der Waals surface area contributed by atoms with Crippen LogP contribution in [0.2, 0.25) is 0 Å². The highest BCUT2D eigenvalue weighted by molar-refractivity contribution is 5.97. The summed E-state index contributed by atoms with van der Waals surface area (Å²) < 4.78 is 59.3. The molecule has 162 valence electrons. The van der Waals surface area contributed by atoms with Gasteiger partial charge in [-0.15, -0.1) is 0 Å². The van der Waals surface area contributed by atoms with Crippen molar-refractivity contribution in [2.45, 2.75) is 12.6 Å². The first-order valence-electron chi connectivity index (χ1n) is 8.95. The molecule has 0 atom stereocenters. The van der Waals surface area contributed by atoms with Crippen LogP contribution in [-0.4, -0.2) is 44.4 Å². The minimum absolute atomic E-state index is 0.00451. The molecule has 0 aliphatic rings. The Morgan fingerprint density at radius 2 is 1.70 bits per heavy atom. The second kappa shape index (κ2) is 11.1. The van der Waals surface area contributed by atoms with Crippen molar-refractivity contribution in [2.75, 3.05) is 31.7 Å². The molecule has 0 aromatic heterocycles. The molecule has 0 saturated carbocycles. The van der Waals surface area contributed by atoms with E-state index in [0.717, 1.165) is 0 Å². The number of alkyl halides is 3. The van der Waals surface area contributed by atoms with Crippen molar-refractivity contribution in [3.8, 4) is 5.75 Å². The molecule has 0 saturated heterocycles. The minimum atomic E-state index is -4.39. The smallest absolute Gasteiger partial charge is 0.411 e. The third-order valence-corrected chi connectivity index (χ3v) is 3.66. The summed E-state index contributed by atoms with van der Waals surface area (Å²) in [6.45, 7) is -1.86. The van der Waals surface area contributed by atoms with Gasteiger partial charge in [0, 0.05) is 13.2 Å². The highest BCUT2D eigenvalue weighted by Crippen LogP contribution is 2.18. The molecule has 0 spiro atoms. The predicted octanol–water partition coefficient (Wildman–Crippen LogP) is 3.54. The van der Waals surface area contributed by atoms with Gasteiger partial charge in [0.2, 0.25) is 0 Å². The van der Waals surface area contributed by atoms with Gasteiger partial charge in [-0.25, -0.2) is 4.39 Å². The quantitative estimate of drug-likeness (QED) is 0.448. The van der Waals surface area contributed by atoms with Gasteiger partial charge in [-0.1, -0.05) is 24.3 Å². The highest BCUT2D eigenvalue weighted by atomic mass is 19.4. The normalized spacial score (nSPS) is 11.1. The number of anilines is 1. The van der Waals surface area contributed by atoms with Crippen LogP contribution >= 0.6 is 0 Å². The maximum absolute atomic E-state index is 13.6. The molecule has 2 aromatic carbocycles. The Balaban J connectivity index is 1.81. The number of hydrogen-bond donors (Lipinski definition) is 2. The fourth-order valence-corrected chi connectivity index (χ4v) is 2.33. The summed E-state index contributed by atoms with van der Waals surface area (Å²) in [5.74, 6) is -1.59. The topological polar surface area (TPSA) is 76.7 Å². The predicted molar refractivity (Wildman–Crippen MR) is 101 cm³/mol. The standard InChI is InChI=1S/C20H20F4N2O4/c21-15-7-2-3-8-16(15)26-18(27)12-30-17-9-4-1-6-14(17)19(28)25-10-5-11-29-13-20(22,23)24/h1-4,6-9H,5,10-13H2,(H,25,28)(H,26,27). The van der Waals surface area contributed by atoms with Crippen LogP contribution in [0, 0.1) is 5.82 Å². The van der Waals surface area contributed by atoms with E-state index in [9.17, 15) is 27.2 Å². The summed E-state index contributed by atoms with van der Waals surface area (Å²) in [7, 11) is 0. The van der Waals surface area contributed by atoms with Gasteiger partial charge in [0.1, 0.15) is 18.2 Å². The van der Waals surface area contributed by atoms with Crippen molar-refractivity contribution >= 4 is 17.5 Å². The number of ether oxygens (including phenoxy) is 2. The van der Waals surface area contributed by atoms with Gasteiger partial charge in [-0.05, 0) is 30.7 Å². The molecule has 0 aliphatic carbocycles. The molecule has 0 aliphatic heterocycles. The Hall–Kier alpha value is -3.14. The zero-order chi connectivity index (χ0) is 22.0. The van der Waals surface area contributed by atoms with Gasteiger partial charge in [0.05, 0.1) is 11.3 Å². The number of benzene rings is 2. The lowest BCUT2D eigenvalue weighted by atomic mass is 10.2. The number of carbonyl (C=O) groups excluding carboxylic acids is 2. The van der Waals surface area contributed by atoms with Crippen molar-refractivity contribution in [2.24, 2.45) is 0 Å². The van der Waals surface area contributed by atoms with Crippen LogP contribution in [0.5, 0.6) is 5.75 Å². The molecule has 0 unspecified atom stereocenters. The average Bonchev–Trinajstić information content (AvgIpc) is 2.70.